The molecule has 0 unspecified atom stereocenters. The van der Waals surface area contributed by atoms with Gasteiger partial charge in [-0.3, -0.25) is 4.79 Å². The van der Waals surface area contributed by atoms with Gasteiger partial charge in [-0.1, -0.05) is 0 Å². The van der Waals surface area contributed by atoms with Crippen molar-refractivity contribution >= 4 is 21.8 Å². The Morgan fingerprint density at radius 2 is 2.06 bits per heavy atom. The van der Waals surface area contributed by atoms with Crippen LogP contribution in [0.2, 0.25) is 0 Å². The molecule has 2 aromatic rings. The number of aromatic nitrogens is 2. The van der Waals surface area contributed by atoms with Crippen molar-refractivity contribution in [1.29, 1.82) is 0 Å². The molecule has 7 heteroatoms. The Morgan fingerprint density at radius 3 is 2.61 bits per heavy atom. The summed E-state index contributed by atoms with van der Waals surface area (Å²) in [5, 5.41) is 7.25. The molecule has 1 aromatic heterocycles. The second-order valence-electron chi connectivity index (χ2n) is 3.30. The summed E-state index contributed by atoms with van der Waals surface area (Å²) < 4.78 is 18.7. The van der Waals surface area contributed by atoms with E-state index < -0.39 is 5.91 Å². The summed E-state index contributed by atoms with van der Waals surface area (Å²) >= 11 is 3.15. The number of carbonyl (C=O) groups excluding carboxylic acids is 1. The van der Waals surface area contributed by atoms with Gasteiger partial charge in [-0.2, -0.15) is 0 Å². The summed E-state index contributed by atoms with van der Waals surface area (Å²) in [6, 6.07) is 6.81. The number of primary amides is 1. The van der Waals surface area contributed by atoms with Crippen LogP contribution in [0, 0.1) is 5.82 Å². The van der Waals surface area contributed by atoms with Crippen LogP contribution >= 0.6 is 15.9 Å². The number of hydrogen-bond donors (Lipinski definition) is 1. The molecule has 0 aliphatic rings. The van der Waals surface area contributed by atoms with Gasteiger partial charge in [-0.15, -0.1) is 10.2 Å². The largest absolute Gasteiger partial charge is 0.436 e. The molecule has 2 N–H and O–H groups in total. The van der Waals surface area contributed by atoms with E-state index in [-0.39, 0.29) is 17.4 Å². The summed E-state index contributed by atoms with van der Waals surface area (Å²) in [5.74, 6) is -0.494. The summed E-state index contributed by atoms with van der Waals surface area (Å²) in [7, 11) is 0. The molecule has 1 amide bonds. The van der Waals surface area contributed by atoms with Crippen LogP contribution in [0.4, 0.5) is 4.39 Å². The molecule has 18 heavy (non-hydrogen) atoms. The maximum absolute atomic E-state index is 12.9. The average Bonchev–Trinajstić information content (AvgIpc) is 2.33. The van der Waals surface area contributed by atoms with E-state index in [1.807, 2.05) is 0 Å². The van der Waals surface area contributed by atoms with Crippen molar-refractivity contribution in [1.82, 2.24) is 10.2 Å². The van der Waals surface area contributed by atoms with Gasteiger partial charge in [0.1, 0.15) is 11.6 Å². The van der Waals surface area contributed by atoms with Gasteiger partial charge in [0.05, 0.1) is 4.47 Å². The van der Waals surface area contributed by atoms with Crippen LogP contribution in [0.1, 0.15) is 10.5 Å². The fourth-order valence-electron chi connectivity index (χ4n) is 1.18. The van der Waals surface area contributed by atoms with Gasteiger partial charge < -0.3 is 10.5 Å². The fraction of sp³-hybridized carbons (Fsp3) is 0. The van der Waals surface area contributed by atoms with Crippen molar-refractivity contribution < 1.29 is 13.9 Å². The lowest BCUT2D eigenvalue weighted by molar-refractivity contribution is 0.0994. The highest BCUT2D eigenvalue weighted by atomic mass is 79.9. The number of nitrogens with two attached hydrogens (primary N) is 1. The van der Waals surface area contributed by atoms with Crippen LogP contribution in [0.15, 0.2) is 34.8 Å². The second-order valence-corrected chi connectivity index (χ2v) is 4.15. The summed E-state index contributed by atoms with van der Waals surface area (Å²) in [5.41, 5.74) is 5.07. The van der Waals surface area contributed by atoms with Crippen LogP contribution in [0.5, 0.6) is 11.6 Å². The molecule has 92 valence electrons. The number of hydrogen-bond acceptors (Lipinski definition) is 4. The quantitative estimate of drug-likeness (QED) is 0.943. The van der Waals surface area contributed by atoms with Crippen molar-refractivity contribution in [3.8, 4) is 11.6 Å². The Balaban J connectivity index is 2.21. The molecule has 0 bridgehead atoms. The van der Waals surface area contributed by atoms with E-state index in [0.717, 1.165) is 0 Å². The van der Waals surface area contributed by atoms with Crippen molar-refractivity contribution in [3.63, 3.8) is 0 Å². The lowest BCUT2D eigenvalue weighted by Gasteiger charge is -2.06. The molecule has 0 saturated carbocycles. The topological polar surface area (TPSA) is 78.1 Å². The molecule has 0 spiro atoms. The summed E-state index contributed by atoms with van der Waals surface area (Å²) in [4.78, 5) is 10.8. The highest BCUT2D eigenvalue weighted by Crippen LogP contribution is 2.28. The maximum atomic E-state index is 12.9. The van der Waals surface area contributed by atoms with Gasteiger partial charge in [0.2, 0.25) is 5.88 Å². The predicted octanol–water partition coefficient (Wildman–Crippen LogP) is 2.27. The molecule has 1 aromatic carbocycles. The third-order valence-corrected chi connectivity index (χ3v) is 2.62. The number of benzene rings is 1. The van der Waals surface area contributed by atoms with Crippen molar-refractivity contribution in [3.05, 3.63) is 46.3 Å². The van der Waals surface area contributed by atoms with E-state index in [1.165, 1.54) is 30.3 Å². The zero-order valence-corrected chi connectivity index (χ0v) is 10.5. The minimum Gasteiger partial charge on any atom is -0.436 e. The van der Waals surface area contributed by atoms with Gasteiger partial charge in [-0.25, -0.2) is 4.39 Å². The second kappa shape index (κ2) is 5.09. The van der Waals surface area contributed by atoms with Gasteiger partial charge in [0.15, 0.2) is 5.69 Å². The Morgan fingerprint density at radius 1 is 1.28 bits per heavy atom. The molecule has 1 heterocycles. The van der Waals surface area contributed by atoms with Crippen molar-refractivity contribution in [2.75, 3.05) is 0 Å². The van der Waals surface area contributed by atoms with E-state index in [9.17, 15) is 9.18 Å². The van der Waals surface area contributed by atoms with Crippen LogP contribution in [0.3, 0.4) is 0 Å². The first kappa shape index (κ1) is 12.4. The first-order valence-electron chi connectivity index (χ1n) is 4.82. The van der Waals surface area contributed by atoms with Crippen molar-refractivity contribution in [2.45, 2.75) is 0 Å². The number of carbonyl (C=O) groups is 1. The van der Waals surface area contributed by atoms with E-state index in [1.54, 1.807) is 0 Å². The van der Waals surface area contributed by atoms with Crippen LogP contribution in [-0.4, -0.2) is 16.1 Å². The zero-order chi connectivity index (χ0) is 13.1. The standard InChI is InChI=1S/C11H7BrFN3O2/c12-7-5-6(13)1-3-9(7)18-10-4-2-8(11(14)17)15-16-10/h1-5H,(H2,14,17). The lowest BCUT2D eigenvalue weighted by atomic mass is 10.3. The predicted molar refractivity (Wildman–Crippen MR) is 64.7 cm³/mol. The van der Waals surface area contributed by atoms with Gasteiger partial charge >= 0.3 is 0 Å². The molecule has 0 fully saturated rings. The third kappa shape index (κ3) is 2.80. The highest BCUT2D eigenvalue weighted by Gasteiger charge is 2.07. The zero-order valence-electron chi connectivity index (χ0n) is 8.93. The molecule has 0 radical (unpaired) electrons. The van der Waals surface area contributed by atoms with Crippen LogP contribution < -0.4 is 10.5 Å². The highest BCUT2D eigenvalue weighted by molar-refractivity contribution is 9.10. The third-order valence-electron chi connectivity index (χ3n) is 2.00. The first-order chi connectivity index (χ1) is 8.56. The molecule has 0 atom stereocenters. The minimum absolute atomic E-state index is 0.0421. The van der Waals surface area contributed by atoms with Crippen molar-refractivity contribution in [2.24, 2.45) is 5.73 Å². The van der Waals surface area contributed by atoms with Gasteiger partial charge in [0, 0.05) is 6.07 Å². The maximum Gasteiger partial charge on any atom is 0.269 e. The number of ether oxygens (including phenoxy) is 1. The Labute approximate surface area is 110 Å². The Hall–Kier alpha value is -2.02. The average molecular weight is 312 g/mol. The normalized spacial score (nSPS) is 10.1. The van der Waals surface area contributed by atoms with Crippen LogP contribution in [0.25, 0.3) is 0 Å². The van der Waals surface area contributed by atoms with E-state index >= 15 is 0 Å². The molecular formula is C11H7BrFN3O2. The minimum atomic E-state index is -0.669. The molecule has 0 aliphatic heterocycles. The smallest absolute Gasteiger partial charge is 0.269 e. The molecule has 2 rings (SSSR count). The number of rotatable bonds is 3. The SMILES string of the molecule is NC(=O)c1ccc(Oc2ccc(F)cc2Br)nn1. The molecule has 0 aliphatic carbocycles. The first-order valence-corrected chi connectivity index (χ1v) is 5.62. The van der Waals surface area contributed by atoms with E-state index in [2.05, 4.69) is 26.1 Å². The Bertz CT molecular complexity index is 589. The summed E-state index contributed by atoms with van der Waals surface area (Å²) in [6.07, 6.45) is 0. The van der Waals surface area contributed by atoms with Gasteiger partial charge in [0.25, 0.3) is 5.91 Å². The van der Waals surface area contributed by atoms with E-state index in [4.69, 9.17) is 10.5 Å². The fourth-order valence-corrected chi connectivity index (χ4v) is 1.61. The monoisotopic (exact) mass is 311 g/mol. The number of amides is 1. The molecular weight excluding hydrogens is 305 g/mol. The number of halogens is 2. The van der Waals surface area contributed by atoms with Gasteiger partial charge in [-0.05, 0) is 40.2 Å². The van der Waals surface area contributed by atoms with E-state index in [0.29, 0.717) is 10.2 Å². The van der Waals surface area contributed by atoms with Crippen LogP contribution in [-0.2, 0) is 0 Å². The molecule has 5 nitrogen and oxygen atoms in total. The summed E-state index contributed by atoms with van der Waals surface area (Å²) in [6.45, 7) is 0. The number of nitrogens with zero attached hydrogens (tertiary/aromatic N) is 2. The molecule has 0 saturated heterocycles. The lowest BCUT2D eigenvalue weighted by Crippen LogP contribution is -2.13. The Kier molecular flexibility index (Phi) is 3.52.